The van der Waals surface area contributed by atoms with Gasteiger partial charge >= 0.3 is 0 Å². The van der Waals surface area contributed by atoms with Gasteiger partial charge in [-0.15, -0.1) is 11.6 Å². The maximum Gasteiger partial charge on any atom is 0.133 e. The summed E-state index contributed by atoms with van der Waals surface area (Å²) in [5.41, 5.74) is 1.25. The average molecular weight is 347 g/mol. The fourth-order valence-electron chi connectivity index (χ4n) is 2.56. The van der Waals surface area contributed by atoms with E-state index in [0.717, 1.165) is 23.2 Å². The van der Waals surface area contributed by atoms with Gasteiger partial charge in [-0.1, -0.05) is 25.3 Å². The molecule has 2 nitrogen and oxygen atoms in total. The molecule has 19 heavy (non-hydrogen) atoms. The number of rotatable bonds is 4. The minimum Gasteiger partial charge on any atom is -0.496 e. The van der Waals surface area contributed by atoms with E-state index < -0.39 is 0 Å². The molecule has 0 aromatic heterocycles. The Hall–Kier alpha value is -0.250. The summed E-state index contributed by atoms with van der Waals surface area (Å²) in [7, 11) is 1.68. The van der Waals surface area contributed by atoms with Crippen LogP contribution in [-0.4, -0.2) is 18.5 Å². The van der Waals surface area contributed by atoms with Crippen LogP contribution in [-0.2, 0) is 6.54 Å². The predicted octanol–water partition coefficient (Wildman–Crippen LogP) is 4.49. The van der Waals surface area contributed by atoms with E-state index in [4.69, 9.17) is 16.3 Å². The number of hydrogen-bond acceptors (Lipinski definition) is 2. The van der Waals surface area contributed by atoms with Gasteiger partial charge in [0, 0.05) is 18.0 Å². The highest BCUT2D eigenvalue weighted by atomic mass is 79.9. The van der Waals surface area contributed by atoms with Gasteiger partial charge in [0.25, 0.3) is 0 Å². The standard InChI is InChI=1S/C15H21BrClNO/c1-19-15-8-7-11(9-12(15)16)10-18-14-6-4-2-3-5-13(14)17/h7-9,13-14,18H,2-6,10H2,1H3. The lowest BCUT2D eigenvalue weighted by molar-refractivity contribution is 0.411. The molecule has 0 saturated heterocycles. The zero-order chi connectivity index (χ0) is 13.7. The summed E-state index contributed by atoms with van der Waals surface area (Å²) in [4.78, 5) is 0. The number of ether oxygens (including phenoxy) is 1. The van der Waals surface area contributed by atoms with Crippen LogP contribution in [0.4, 0.5) is 0 Å². The van der Waals surface area contributed by atoms with E-state index in [0.29, 0.717) is 6.04 Å². The van der Waals surface area contributed by atoms with Gasteiger partial charge < -0.3 is 10.1 Å². The lowest BCUT2D eigenvalue weighted by Gasteiger charge is -2.21. The van der Waals surface area contributed by atoms with Crippen LogP contribution in [0.3, 0.4) is 0 Å². The van der Waals surface area contributed by atoms with Crippen LogP contribution in [0, 0.1) is 0 Å². The first kappa shape index (κ1) is 15.1. The molecule has 1 aromatic rings. The van der Waals surface area contributed by atoms with Crippen LogP contribution in [0.1, 0.15) is 37.7 Å². The van der Waals surface area contributed by atoms with E-state index in [2.05, 4.69) is 33.4 Å². The third kappa shape index (κ3) is 4.37. The molecule has 1 saturated carbocycles. The van der Waals surface area contributed by atoms with Crippen LogP contribution in [0.15, 0.2) is 22.7 Å². The van der Waals surface area contributed by atoms with Crippen LogP contribution >= 0.6 is 27.5 Å². The minimum atomic E-state index is 0.268. The Morgan fingerprint density at radius 1 is 1.32 bits per heavy atom. The summed E-state index contributed by atoms with van der Waals surface area (Å²) in [6, 6.07) is 6.62. The van der Waals surface area contributed by atoms with Crippen molar-refractivity contribution in [2.75, 3.05) is 7.11 Å². The molecule has 1 aliphatic carbocycles. The highest BCUT2D eigenvalue weighted by Crippen LogP contribution is 2.26. The zero-order valence-electron chi connectivity index (χ0n) is 11.3. The van der Waals surface area contributed by atoms with Gasteiger partial charge in [0.15, 0.2) is 0 Å². The van der Waals surface area contributed by atoms with Gasteiger partial charge in [-0.05, 0) is 46.5 Å². The molecule has 0 aliphatic heterocycles. The Morgan fingerprint density at radius 2 is 2.11 bits per heavy atom. The van der Waals surface area contributed by atoms with E-state index in [-0.39, 0.29) is 5.38 Å². The molecule has 0 amide bonds. The van der Waals surface area contributed by atoms with Gasteiger partial charge in [-0.2, -0.15) is 0 Å². The summed E-state index contributed by atoms with van der Waals surface area (Å²) < 4.78 is 6.24. The summed E-state index contributed by atoms with van der Waals surface area (Å²) >= 11 is 9.96. The van der Waals surface area contributed by atoms with E-state index in [1.165, 1.54) is 31.2 Å². The second kappa shape index (κ2) is 7.51. The highest BCUT2D eigenvalue weighted by molar-refractivity contribution is 9.10. The molecule has 106 valence electrons. The van der Waals surface area contributed by atoms with Crippen molar-refractivity contribution >= 4 is 27.5 Å². The Kier molecular flexibility index (Phi) is 5.99. The second-order valence-electron chi connectivity index (χ2n) is 5.11. The molecular weight excluding hydrogens is 326 g/mol. The third-order valence-corrected chi connectivity index (χ3v) is 4.86. The Bertz CT molecular complexity index is 413. The maximum atomic E-state index is 6.44. The molecule has 2 rings (SSSR count). The molecule has 1 aromatic carbocycles. The molecular formula is C15H21BrClNO. The summed E-state index contributed by atoms with van der Waals surface area (Å²) in [5.74, 6) is 0.869. The van der Waals surface area contributed by atoms with Crippen molar-refractivity contribution in [3.63, 3.8) is 0 Å². The summed E-state index contributed by atoms with van der Waals surface area (Å²) in [6.45, 7) is 0.858. The van der Waals surface area contributed by atoms with Gasteiger partial charge in [0.2, 0.25) is 0 Å². The van der Waals surface area contributed by atoms with E-state index in [1.807, 2.05) is 6.07 Å². The fourth-order valence-corrected chi connectivity index (χ4v) is 3.52. The maximum absolute atomic E-state index is 6.44. The van der Waals surface area contributed by atoms with Gasteiger partial charge in [0.05, 0.1) is 11.6 Å². The predicted molar refractivity (Wildman–Crippen MR) is 84.0 cm³/mol. The van der Waals surface area contributed by atoms with Crippen molar-refractivity contribution in [2.45, 2.75) is 50.1 Å². The van der Waals surface area contributed by atoms with Gasteiger partial charge in [-0.3, -0.25) is 0 Å². The first-order valence-electron chi connectivity index (χ1n) is 6.90. The number of alkyl halides is 1. The Labute approximate surface area is 129 Å². The highest BCUT2D eigenvalue weighted by Gasteiger charge is 2.20. The summed E-state index contributed by atoms with van der Waals surface area (Å²) in [5, 5.41) is 3.87. The fraction of sp³-hybridized carbons (Fsp3) is 0.600. The van der Waals surface area contributed by atoms with Crippen molar-refractivity contribution in [1.29, 1.82) is 0 Å². The number of hydrogen-bond donors (Lipinski definition) is 1. The number of halogens is 2. The van der Waals surface area contributed by atoms with Crippen molar-refractivity contribution in [1.82, 2.24) is 5.32 Å². The first-order valence-corrected chi connectivity index (χ1v) is 8.13. The van der Waals surface area contributed by atoms with Gasteiger partial charge in [-0.25, -0.2) is 0 Å². The van der Waals surface area contributed by atoms with E-state index in [9.17, 15) is 0 Å². The molecule has 4 heteroatoms. The zero-order valence-corrected chi connectivity index (χ0v) is 13.6. The molecule has 0 heterocycles. The number of benzene rings is 1. The van der Waals surface area contributed by atoms with Crippen LogP contribution in [0.25, 0.3) is 0 Å². The minimum absolute atomic E-state index is 0.268. The molecule has 0 radical (unpaired) electrons. The molecule has 0 bridgehead atoms. The molecule has 1 aliphatic rings. The molecule has 0 spiro atoms. The van der Waals surface area contributed by atoms with E-state index >= 15 is 0 Å². The average Bonchev–Trinajstić information content (AvgIpc) is 2.61. The number of nitrogens with one attached hydrogen (secondary N) is 1. The van der Waals surface area contributed by atoms with Crippen molar-refractivity contribution in [2.24, 2.45) is 0 Å². The van der Waals surface area contributed by atoms with Crippen LogP contribution in [0.2, 0.25) is 0 Å². The summed E-state index contributed by atoms with van der Waals surface area (Å²) in [6.07, 6.45) is 6.18. The quantitative estimate of drug-likeness (QED) is 0.641. The SMILES string of the molecule is COc1ccc(CNC2CCCCCC2Cl)cc1Br. The van der Waals surface area contributed by atoms with Gasteiger partial charge in [0.1, 0.15) is 5.75 Å². The Balaban J connectivity index is 1.92. The Morgan fingerprint density at radius 3 is 2.84 bits per heavy atom. The monoisotopic (exact) mass is 345 g/mol. The van der Waals surface area contributed by atoms with Crippen LogP contribution in [0.5, 0.6) is 5.75 Å². The third-order valence-electron chi connectivity index (χ3n) is 3.72. The first-order chi connectivity index (χ1) is 9.20. The van der Waals surface area contributed by atoms with Crippen molar-refractivity contribution < 1.29 is 4.74 Å². The van der Waals surface area contributed by atoms with Crippen molar-refractivity contribution in [3.05, 3.63) is 28.2 Å². The second-order valence-corrected chi connectivity index (χ2v) is 6.53. The topological polar surface area (TPSA) is 21.3 Å². The van der Waals surface area contributed by atoms with Crippen LogP contribution < -0.4 is 10.1 Å². The lowest BCUT2D eigenvalue weighted by Crippen LogP contribution is -2.35. The largest absolute Gasteiger partial charge is 0.496 e. The molecule has 2 atom stereocenters. The molecule has 1 N–H and O–H groups in total. The van der Waals surface area contributed by atoms with E-state index in [1.54, 1.807) is 7.11 Å². The molecule has 2 unspecified atom stereocenters. The smallest absolute Gasteiger partial charge is 0.133 e. The normalized spacial score (nSPS) is 23.9. The molecule has 1 fully saturated rings. The lowest BCUT2D eigenvalue weighted by atomic mass is 10.1. The van der Waals surface area contributed by atoms with Crippen molar-refractivity contribution in [3.8, 4) is 5.75 Å². The number of methoxy groups -OCH3 is 1.